The van der Waals surface area contributed by atoms with Gasteiger partial charge in [0.1, 0.15) is 4.88 Å². The summed E-state index contributed by atoms with van der Waals surface area (Å²) in [7, 11) is 1.34. The number of aromatic carboxylic acids is 1. The molecule has 0 radical (unpaired) electrons. The Balaban J connectivity index is 2.53. The van der Waals surface area contributed by atoms with Crippen molar-refractivity contribution >= 4 is 28.7 Å². The molecule has 0 aliphatic carbocycles. The number of nitrogens with two attached hydrogens (primary N) is 1. The zero-order valence-electron chi connectivity index (χ0n) is 10.3. The number of ether oxygens (including phenoxy) is 1. The fourth-order valence-corrected chi connectivity index (χ4v) is 2.62. The Hall–Kier alpha value is -2.61. The van der Waals surface area contributed by atoms with Crippen LogP contribution in [-0.2, 0) is 0 Å². The van der Waals surface area contributed by atoms with Crippen LogP contribution in [-0.4, -0.2) is 23.1 Å². The minimum absolute atomic E-state index is 0.0125. The fourth-order valence-electron chi connectivity index (χ4n) is 1.70. The average Bonchev–Trinajstić information content (AvgIpc) is 2.80. The van der Waals surface area contributed by atoms with Crippen LogP contribution in [0.3, 0.4) is 0 Å². The Bertz CT molecular complexity index is 695. The molecule has 0 aliphatic rings. The Labute approximate surface area is 117 Å². The number of rotatable bonds is 4. The maximum atomic E-state index is 11.0. The number of hydrogen-bond donors (Lipinski definition) is 2. The lowest BCUT2D eigenvalue weighted by molar-refractivity contribution is -0.385. The summed E-state index contributed by atoms with van der Waals surface area (Å²) >= 11 is 0.967. The number of anilines is 1. The number of nitro groups is 1. The van der Waals surface area contributed by atoms with Gasteiger partial charge in [0, 0.05) is 10.9 Å². The van der Waals surface area contributed by atoms with E-state index in [1.54, 1.807) is 6.07 Å². The van der Waals surface area contributed by atoms with Crippen molar-refractivity contribution in [2.24, 2.45) is 0 Å². The van der Waals surface area contributed by atoms with Crippen LogP contribution in [0.15, 0.2) is 24.3 Å². The molecule has 0 spiro atoms. The molecule has 7 nitrogen and oxygen atoms in total. The molecule has 2 rings (SSSR count). The van der Waals surface area contributed by atoms with E-state index in [9.17, 15) is 14.9 Å². The van der Waals surface area contributed by atoms with Gasteiger partial charge in [-0.05, 0) is 23.8 Å². The molecule has 0 saturated carbocycles. The van der Waals surface area contributed by atoms with Gasteiger partial charge in [-0.2, -0.15) is 0 Å². The zero-order chi connectivity index (χ0) is 14.9. The normalized spacial score (nSPS) is 10.2. The zero-order valence-corrected chi connectivity index (χ0v) is 11.1. The summed E-state index contributed by atoms with van der Waals surface area (Å²) in [5.74, 6) is -0.983. The molecule has 1 heterocycles. The van der Waals surface area contributed by atoms with E-state index < -0.39 is 10.9 Å². The van der Waals surface area contributed by atoms with Crippen LogP contribution in [0.4, 0.5) is 11.4 Å². The highest BCUT2D eigenvalue weighted by Gasteiger charge is 2.19. The lowest BCUT2D eigenvalue weighted by Gasteiger charge is -2.03. The first-order valence-corrected chi connectivity index (χ1v) is 6.21. The molecule has 0 aliphatic heterocycles. The smallest absolute Gasteiger partial charge is 0.348 e. The van der Waals surface area contributed by atoms with Gasteiger partial charge in [0.25, 0.3) is 0 Å². The van der Waals surface area contributed by atoms with Gasteiger partial charge >= 0.3 is 11.7 Å². The molecule has 0 fully saturated rings. The maximum absolute atomic E-state index is 11.0. The van der Waals surface area contributed by atoms with E-state index in [-0.39, 0.29) is 22.0 Å². The third-order valence-electron chi connectivity index (χ3n) is 2.62. The van der Waals surface area contributed by atoms with Crippen LogP contribution < -0.4 is 10.5 Å². The first-order valence-electron chi connectivity index (χ1n) is 5.39. The van der Waals surface area contributed by atoms with Crippen LogP contribution in [0, 0.1) is 10.1 Å². The van der Waals surface area contributed by atoms with Crippen molar-refractivity contribution in [3.63, 3.8) is 0 Å². The topological polar surface area (TPSA) is 116 Å². The number of carboxylic acids is 1. The van der Waals surface area contributed by atoms with Crippen molar-refractivity contribution in [1.82, 2.24) is 0 Å². The van der Waals surface area contributed by atoms with E-state index in [0.29, 0.717) is 10.4 Å². The van der Waals surface area contributed by atoms with Crippen LogP contribution in [0.2, 0.25) is 0 Å². The minimum Gasteiger partial charge on any atom is -0.490 e. The summed E-state index contributed by atoms with van der Waals surface area (Å²) in [5, 5.41) is 19.9. The number of carboxylic acid groups (broad SMARTS) is 1. The van der Waals surface area contributed by atoms with Gasteiger partial charge in [0.15, 0.2) is 5.75 Å². The molecule has 0 bridgehead atoms. The van der Waals surface area contributed by atoms with Gasteiger partial charge in [0.05, 0.1) is 17.7 Å². The Morgan fingerprint density at radius 1 is 1.45 bits per heavy atom. The monoisotopic (exact) mass is 294 g/mol. The summed E-state index contributed by atoms with van der Waals surface area (Å²) in [5.41, 5.74) is 6.07. The quantitative estimate of drug-likeness (QED) is 0.661. The highest BCUT2D eigenvalue weighted by Crippen LogP contribution is 2.37. The molecular formula is C12H10N2O5S. The SMILES string of the molecule is COc1ccc(-c2cc(N)c(C(=O)O)s2)cc1[N+](=O)[O-]. The standard InChI is InChI=1S/C12H10N2O5S/c1-19-9-3-2-6(4-8(9)14(17)18)10-5-7(13)11(20-10)12(15)16/h2-5H,13H2,1H3,(H,15,16). The molecular weight excluding hydrogens is 284 g/mol. The van der Waals surface area contributed by atoms with E-state index in [4.69, 9.17) is 15.6 Å². The number of nitrogen functional groups attached to an aromatic ring is 1. The van der Waals surface area contributed by atoms with Gasteiger partial charge in [-0.15, -0.1) is 11.3 Å². The van der Waals surface area contributed by atoms with E-state index in [1.165, 1.54) is 25.3 Å². The third kappa shape index (κ3) is 2.41. The summed E-state index contributed by atoms with van der Waals surface area (Å²) in [6.07, 6.45) is 0. The number of hydrogen-bond acceptors (Lipinski definition) is 6. The van der Waals surface area contributed by atoms with E-state index in [1.807, 2.05) is 0 Å². The van der Waals surface area contributed by atoms with Crippen molar-refractivity contribution in [3.05, 3.63) is 39.3 Å². The molecule has 0 atom stereocenters. The van der Waals surface area contributed by atoms with Gasteiger partial charge < -0.3 is 15.6 Å². The molecule has 1 aromatic heterocycles. The van der Waals surface area contributed by atoms with Crippen LogP contribution in [0.5, 0.6) is 5.75 Å². The third-order valence-corrected chi connectivity index (χ3v) is 3.80. The predicted octanol–water partition coefficient (Wildman–Crippen LogP) is 2.61. The van der Waals surface area contributed by atoms with Crippen LogP contribution >= 0.6 is 11.3 Å². The lowest BCUT2D eigenvalue weighted by Crippen LogP contribution is -1.96. The maximum Gasteiger partial charge on any atom is 0.348 e. The van der Waals surface area contributed by atoms with Crippen LogP contribution in [0.25, 0.3) is 10.4 Å². The fraction of sp³-hybridized carbons (Fsp3) is 0.0833. The summed E-state index contributed by atoms with van der Waals surface area (Å²) in [6, 6.07) is 5.89. The largest absolute Gasteiger partial charge is 0.490 e. The van der Waals surface area contributed by atoms with Crippen molar-refractivity contribution in [3.8, 4) is 16.2 Å². The van der Waals surface area contributed by atoms with Crippen LogP contribution in [0.1, 0.15) is 9.67 Å². The molecule has 104 valence electrons. The second-order valence-corrected chi connectivity index (χ2v) is 4.90. The van der Waals surface area contributed by atoms with Gasteiger partial charge in [-0.3, -0.25) is 10.1 Å². The summed E-state index contributed by atoms with van der Waals surface area (Å²) in [4.78, 5) is 21.9. The predicted molar refractivity (Wildman–Crippen MR) is 74.3 cm³/mol. The highest BCUT2D eigenvalue weighted by molar-refractivity contribution is 7.17. The highest BCUT2D eigenvalue weighted by atomic mass is 32.1. The Morgan fingerprint density at radius 2 is 2.15 bits per heavy atom. The second kappa shape index (κ2) is 5.17. The second-order valence-electron chi connectivity index (χ2n) is 3.84. The van der Waals surface area contributed by atoms with E-state index >= 15 is 0 Å². The molecule has 0 saturated heterocycles. The molecule has 8 heteroatoms. The van der Waals surface area contributed by atoms with E-state index in [2.05, 4.69) is 0 Å². The number of benzene rings is 1. The molecule has 2 aromatic rings. The van der Waals surface area contributed by atoms with E-state index in [0.717, 1.165) is 11.3 Å². The first kappa shape index (κ1) is 13.8. The summed E-state index contributed by atoms with van der Waals surface area (Å²) < 4.78 is 4.91. The number of carbonyl (C=O) groups is 1. The molecule has 20 heavy (non-hydrogen) atoms. The minimum atomic E-state index is -1.12. The molecule has 3 N–H and O–H groups in total. The molecule has 0 amide bonds. The Morgan fingerprint density at radius 3 is 2.65 bits per heavy atom. The summed E-state index contributed by atoms with van der Waals surface area (Å²) in [6.45, 7) is 0. The van der Waals surface area contributed by atoms with Gasteiger partial charge in [-0.1, -0.05) is 0 Å². The molecule has 1 aromatic carbocycles. The molecule has 0 unspecified atom stereocenters. The number of nitro benzene ring substituents is 1. The van der Waals surface area contributed by atoms with Gasteiger partial charge in [0.2, 0.25) is 0 Å². The van der Waals surface area contributed by atoms with Crippen molar-refractivity contribution in [2.45, 2.75) is 0 Å². The van der Waals surface area contributed by atoms with Crippen molar-refractivity contribution in [2.75, 3.05) is 12.8 Å². The Kier molecular flexibility index (Phi) is 3.57. The number of methoxy groups -OCH3 is 1. The van der Waals surface area contributed by atoms with Gasteiger partial charge in [-0.25, -0.2) is 4.79 Å². The number of nitrogens with zero attached hydrogens (tertiary/aromatic N) is 1. The average molecular weight is 294 g/mol. The lowest BCUT2D eigenvalue weighted by atomic mass is 10.1. The van der Waals surface area contributed by atoms with Crippen molar-refractivity contribution in [1.29, 1.82) is 0 Å². The van der Waals surface area contributed by atoms with Crippen molar-refractivity contribution < 1.29 is 19.6 Å². The first-order chi connectivity index (χ1) is 9.43. The number of thiophene rings is 1.